The Balaban J connectivity index is 1.51. The van der Waals surface area contributed by atoms with Gasteiger partial charge in [-0.15, -0.1) is 10.2 Å². The highest BCUT2D eigenvalue weighted by Crippen LogP contribution is 2.31. The lowest BCUT2D eigenvalue weighted by Gasteiger charge is -2.10. The molecule has 31 heavy (non-hydrogen) atoms. The molecule has 0 aliphatic carbocycles. The summed E-state index contributed by atoms with van der Waals surface area (Å²) >= 11 is 1.62. The number of nitrogens with zero attached hydrogens (tertiary/aromatic N) is 5. The Morgan fingerprint density at radius 2 is 1.81 bits per heavy atom. The van der Waals surface area contributed by atoms with E-state index in [1.54, 1.807) is 18.9 Å². The van der Waals surface area contributed by atoms with Crippen molar-refractivity contribution in [3.63, 3.8) is 0 Å². The summed E-state index contributed by atoms with van der Waals surface area (Å²) in [5, 5.41) is 9.84. The maximum absolute atomic E-state index is 5.40. The summed E-state index contributed by atoms with van der Waals surface area (Å²) in [5.41, 5.74) is 5.11. The van der Waals surface area contributed by atoms with E-state index in [0.29, 0.717) is 5.75 Å². The smallest absolute Gasteiger partial charge is 0.196 e. The minimum absolute atomic E-state index is 0.698. The molecule has 0 atom stereocenters. The first kappa shape index (κ1) is 19.4. The Morgan fingerprint density at radius 3 is 2.65 bits per heavy atom. The molecule has 5 aromatic rings. The van der Waals surface area contributed by atoms with E-state index in [-0.39, 0.29) is 0 Å². The number of benzene rings is 2. The van der Waals surface area contributed by atoms with Crippen LogP contribution in [0, 0.1) is 6.92 Å². The summed E-state index contributed by atoms with van der Waals surface area (Å²) < 4.78 is 9.55. The van der Waals surface area contributed by atoms with Gasteiger partial charge >= 0.3 is 0 Å². The van der Waals surface area contributed by atoms with Gasteiger partial charge in [0.2, 0.25) is 0 Å². The third-order valence-electron chi connectivity index (χ3n) is 4.97. The van der Waals surface area contributed by atoms with Crippen LogP contribution in [0.15, 0.2) is 84.3 Å². The number of aryl methyl sites for hydroxylation is 1. The van der Waals surface area contributed by atoms with Crippen LogP contribution in [0.2, 0.25) is 0 Å². The number of pyridine rings is 1. The zero-order valence-electron chi connectivity index (χ0n) is 17.3. The molecule has 3 aromatic heterocycles. The SMILES string of the molecule is COc1cccc(-c2nnc(SCc3cn4cc(C)ccc4n3)n2-c2ccccc2)c1. The fraction of sp³-hybridized carbons (Fsp3) is 0.125. The number of imidazole rings is 1. The Morgan fingerprint density at radius 1 is 0.935 bits per heavy atom. The Labute approximate surface area is 184 Å². The topological polar surface area (TPSA) is 57.2 Å². The minimum atomic E-state index is 0.698. The highest BCUT2D eigenvalue weighted by molar-refractivity contribution is 7.98. The first-order valence-corrected chi connectivity index (χ1v) is 10.9. The third kappa shape index (κ3) is 3.92. The van der Waals surface area contributed by atoms with Crippen molar-refractivity contribution >= 4 is 17.4 Å². The quantitative estimate of drug-likeness (QED) is 0.349. The Kier molecular flexibility index (Phi) is 5.18. The molecule has 0 N–H and O–H groups in total. The fourth-order valence-corrected chi connectivity index (χ4v) is 4.32. The number of rotatable bonds is 6. The molecule has 0 spiro atoms. The van der Waals surface area contributed by atoms with E-state index in [9.17, 15) is 0 Å². The van der Waals surface area contributed by atoms with Gasteiger partial charge in [-0.25, -0.2) is 4.98 Å². The maximum atomic E-state index is 5.40. The molecule has 0 aliphatic rings. The van der Waals surface area contributed by atoms with E-state index in [2.05, 4.69) is 56.7 Å². The van der Waals surface area contributed by atoms with Gasteiger partial charge in [0.15, 0.2) is 11.0 Å². The fourth-order valence-electron chi connectivity index (χ4n) is 3.49. The van der Waals surface area contributed by atoms with E-state index in [1.165, 1.54) is 5.56 Å². The van der Waals surface area contributed by atoms with Gasteiger partial charge < -0.3 is 9.14 Å². The number of methoxy groups -OCH3 is 1. The predicted octanol–water partition coefficient (Wildman–Crippen LogP) is 5.19. The summed E-state index contributed by atoms with van der Waals surface area (Å²) in [7, 11) is 1.67. The second-order valence-electron chi connectivity index (χ2n) is 7.20. The van der Waals surface area contributed by atoms with E-state index in [1.807, 2.05) is 48.5 Å². The molecular formula is C24H21N5OS. The van der Waals surface area contributed by atoms with Gasteiger partial charge in [0.1, 0.15) is 11.4 Å². The number of hydrogen-bond donors (Lipinski definition) is 0. The van der Waals surface area contributed by atoms with Crippen LogP contribution < -0.4 is 4.74 Å². The highest BCUT2D eigenvalue weighted by Gasteiger charge is 2.17. The van der Waals surface area contributed by atoms with Crippen molar-refractivity contribution < 1.29 is 4.74 Å². The molecular weight excluding hydrogens is 406 g/mol. The molecule has 3 heterocycles. The van der Waals surface area contributed by atoms with Gasteiger partial charge in [0.05, 0.1) is 12.8 Å². The van der Waals surface area contributed by atoms with Crippen molar-refractivity contribution in [1.82, 2.24) is 24.1 Å². The van der Waals surface area contributed by atoms with Gasteiger partial charge in [-0.1, -0.05) is 48.2 Å². The van der Waals surface area contributed by atoms with Crippen LogP contribution >= 0.6 is 11.8 Å². The average Bonchev–Trinajstić information content (AvgIpc) is 3.41. The third-order valence-corrected chi connectivity index (χ3v) is 5.94. The molecule has 7 heteroatoms. The van der Waals surface area contributed by atoms with Gasteiger partial charge in [-0.2, -0.15) is 0 Å². The van der Waals surface area contributed by atoms with Crippen molar-refractivity contribution in [2.45, 2.75) is 17.8 Å². The lowest BCUT2D eigenvalue weighted by atomic mass is 10.2. The summed E-state index contributed by atoms with van der Waals surface area (Å²) in [4.78, 5) is 4.73. The number of fused-ring (bicyclic) bond motifs is 1. The first-order chi connectivity index (χ1) is 15.2. The average molecular weight is 428 g/mol. The van der Waals surface area contributed by atoms with Crippen molar-refractivity contribution in [3.8, 4) is 22.8 Å². The zero-order chi connectivity index (χ0) is 21.2. The van der Waals surface area contributed by atoms with E-state index >= 15 is 0 Å². The number of hydrogen-bond acceptors (Lipinski definition) is 5. The van der Waals surface area contributed by atoms with Gasteiger partial charge in [-0.05, 0) is 42.8 Å². The minimum Gasteiger partial charge on any atom is -0.497 e. The van der Waals surface area contributed by atoms with Crippen molar-refractivity contribution in [3.05, 3.63) is 90.4 Å². The molecule has 0 bridgehead atoms. The van der Waals surface area contributed by atoms with Crippen LogP contribution in [-0.2, 0) is 5.75 Å². The summed E-state index contributed by atoms with van der Waals surface area (Å²) in [6.07, 6.45) is 4.16. The van der Waals surface area contributed by atoms with E-state index in [4.69, 9.17) is 9.72 Å². The lowest BCUT2D eigenvalue weighted by Crippen LogP contribution is -2.00. The van der Waals surface area contributed by atoms with E-state index in [0.717, 1.165) is 39.3 Å². The molecule has 2 aromatic carbocycles. The largest absolute Gasteiger partial charge is 0.497 e. The predicted molar refractivity (Wildman–Crippen MR) is 123 cm³/mol. The number of ether oxygens (including phenoxy) is 1. The second-order valence-corrected chi connectivity index (χ2v) is 8.14. The van der Waals surface area contributed by atoms with Crippen molar-refractivity contribution in [1.29, 1.82) is 0 Å². The van der Waals surface area contributed by atoms with Crippen LogP contribution in [0.3, 0.4) is 0 Å². The second kappa shape index (κ2) is 8.28. The van der Waals surface area contributed by atoms with Crippen LogP contribution in [0.1, 0.15) is 11.3 Å². The summed E-state index contributed by atoms with van der Waals surface area (Å²) in [6.45, 7) is 2.08. The van der Waals surface area contributed by atoms with Crippen LogP contribution in [0.4, 0.5) is 0 Å². The van der Waals surface area contributed by atoms with Crippen LogP contribution in [0.5, 0.6) is 5.75 Å². The molecule has 0 radical (unpaired) electrons. The number of aromatic nitrogens is 5. The van der Waals surface area contributed by atoms with Crippen molar-refractivity contribution in [2.75, 3.05) is 7.11 Å². The molecule has 5 rings (SSSR count). The normalized spacial score (nSPS) is 11.2. The van der Waals surface area contributed by atoms with Gasteiger partial charge in [0, 0.05) is 29.4 Å². The molecule has 0 saturated heterocycles. The molecule has 0 fully saturated rings. The van der Waals surface area contributed by atoms with Crippen LogP contribution in [-0.4, -0.2) is 31.3 Å². The molecule has 0 aliphatic heterocycles. The standard InChI is InChI=1S/C24H21N5OS/c1-17-11-12-22-25-19(15-28(22)14-17)16-31-24-27-26-23(18-7-6-10-21(13-18)30-2)29(24)20-8-4-3-5-9-20/h3-15H,16H2,1-2H3. The van der Waals surface area contributed by atoms with Crippen LogP contribution in [0.25, 0.3) is 22.7 Å². The van der Waals surface area contributed by atoms with Gasteiger partial charge in [-0.3, -0.25) is 4.57 Å². The Hall–Kier alpha value is -3.58. The number of para-hydroxylation sites is 1. The lowest BCUT2D eigenvalue weighted by molar-refractivity contribution is 0.415. The van der Waals surface area contributed by atoms with E-state index < -0.39 is 0 Å². The molecule has 0 amide bonds. The highest BCUT2D eigenvalue weighted by atomic mass is 32.2. The zero-order valence-corrected chi connectivity index (χ0v) is 18.1. The molecule has 6 nitrogen and oxygen atoms in total. The monoisotopic (exact) mass is 427 g/mol. The maximum Gasteiger partial charge on any atom is 0.196 e. The molecule has 0 unspecified atom stereocenters. The van der Waals surface area contributed by atoms with Gasteiger partial charge in [0.25, 0.3) is 0 Å². The number of thioether (sulfide) groups is 1. The van der Waals surface area contributed by atoms with Crippen molar-refractivity contribution in [2.24, 2.45) is 0 Å². The molecule has 0 saturated carbocycles. The molecule has 154 valence electrons. The Bertz CT molecular complexity index is 1340. The summed E-state index contributed by atoms with van der Waals surface area (Å²) in [6, 6.07) is 22.2. The first-order valence-electron chi connectivity index (χ1n) is 9.93. The summed E-state index contributed by atoms with van der Waals surface area (Å²) in [5.74, 6) is 2.26.